The minimum atomic E-state index is -0.252. The molecule has 3 N–H and O–H groups in total. The number of halogens is 2. The summed E-state index contributed by atoms with van der Waals surface area (Å²) in [7, 11) is 0. The molecule has 6 heteroatoms. The summed E-state index contributed by atoms with van der Waals surface area (Å²) in [6.07, 6.45) is 0. The van der Waals surface area contributed by atoms with Crippen LogP contribution in [0.1, 0.15) is 5.56 Å². The number of aromatic nitrogens is 2. The fourth-order valence-electron chi connectivity index (χ4n) is 2.02. The molecule has 0 unspecified atom stereocenters. The molecule has 0 aliphatic rings. The Kier molecular flexibility index (Phi) is 3.31. The van der Waals surface area contributed by atoms with Crippen molar-refractivity contribution >= 4 is 32.7 Å². The number of anilines is 1. The van der Waals surface area contributed by atoms with Crippen LogP contribution in [-0.4, -0.2) is 9.97 Å². The molecular formula is C14H11BrFN3O. The van der Waals surface area contributed by atoms with Crippen molar-refractivity contribution in [3.8, 4) is 0 Å². The van der Waals surface area contributed by atoms with Crippen molar-refractivity contribution < 1.29 is 4.39 Å². The van der Waals surface area contributed by atoms with Gasteiger partial charge in [-0.25, -0.2) is 9.18 Å². The lowest BCUT2D eigenvalue weighted by Gasteiger charge is -2.09. The predicted molar refractivity (Wildman–Crippen MR) is 80.3 cm³/mol. The molecule has 0 aliphatic carbocycles. The van der Waals surface area contributed by atoms with Gasteiger partial charge in [-0.1, -0.05) is 18.2 Å². The summed E-state index contributed by atoms with van der Waals surface area (Å²) in [5.41, 5.74) is 2.55. The molecule has 0 fully saturated rings. The van der Waals surface area contributed by atoms with Crippen LogP contribution in [0.15, 0.2) is 45.7 Å². The lowest BCUT2D eigenvalue weighted by Crippen LogP contribution is -2.02. The molecule has 0 atom stereocenters. The average Bonchev–Trinajstić information content (AvgIpc) is 2.76. The van der Waals surface area contributed by atoms with Crippen LogP contribution < -0.4 is 11.0 Å². The summed E-state index contributed by atoms with van der Waals surface area (Å²) in [6, 6.07) is 10.2. The zero-order valence-corrected chi connectivity index (χ0v) is 11.9. The van der Waals surface area contributed by atoms with Crippen molar-refractivity contribution in [1.29, 1.82) is 0 Å². The second-order valence-electron chi connectivity index (χ2n) is 4.40. The Labute approximate surface area is 122 Å². The number of hydrogen-bond donors (Lipinski definition) is 3. The topological polar surface area (TPSA) is 60.7 Å². The van der Waals surface area contributed by atoms with E-state index in [9.17, 15) is 9.18 Å². The summed E-state index contributed by atoms with van der Waals surface area (Å²) in [6.45, 7) is 0.367. The van der Waals surface area contributed by atoms with E-state index in [0.29, 0.717) is 17.6 Å². The van der Waals surface area contributed by atoms with E-state index in [2.05, 4.69) is 31.2 Å². The molecule has 1 aromatic heterocycles. The molecule has 1 heterocycles. The SMILES string of the molecule is O=c1[nH]c2cc(Br)c(NCc3ccccc3F)cc2[nH]1. The van der Waals surface area contributed by atoms with Crippen LogP contribution in [0, 0.1) is 5.82 Å². The van der Waals surface area contributed by atoms with Crippen molar-refractivity contribution in [2.45, 2.75) is 6.54 Å². The van der Waals surface area contributed by atoms with Gasteiger partial charge < -0.3 is 15.3 Å². The fourth-order valence-corrected chi connectivity index (χ4v) is 2.51. The van der Waals surface area contributed by atoms with Crippen molar-refractivity contribution in [1.82, 2.24) is 9.97 Å². The van der Waals surface area contributed by atoms with Gasteiger partial charge in [0, 0.05) is 16.6 Å². The van der Waals surface area contributed by atoms with Gasteiger partial charge in [-0.3, -0.25) is 0 Å². The third-order valence-corrected chi connectivity index (χ3v) is 3.69. The van der Waals surface area contributed by atoms with E-state index in [1.54, 1.807) is 30.3 Å². The van der Waals surface area contributed by atoms with Crippen molar-refractivity contribution in [3.05, 3.63) is 62.7 Å². The van der Waals surface area contributed by atoms with Crippen LogP contribution in [0.5, 0.6) is 0 Å². The Balaban J connectivity index is 1.89. The first-order valence-corrected chi connectivity index (χ1v) is 6.81. The zero-order valence-electron chi connectivity index (χ0n) is 10.3. The number of hydrogen-bond acceptors (Lipinski definition) is 2. The summed E-state index contributed by atoms with van der Waals surface area (Å²) in [4.78, 5) is 16.6. The van der Waals surface area contributed by atoms with E-state index < -0.39 is 0 Å². The number of aromatic amines is 2. The van der Waals surface area contributed by atoms with E-state index in [1.807, 2.05) is 0 Å². The number of benzene rings is 2. The Morgan fingerprint density at radius 1 is 1.15 bits per heavy atom. The normalized spacial score (nSPS) is 10.9. The number of H-pyrrole nitrogens is 2. The molecule has 0 radical (unpaired) electrons. The first kappa shape index (κ1) is 12.9. The first-order chi connectivity index (χ1) is 9.63. The maximum atomic E-state index is 13.5. The lowest BCUT2D eigenvalue weighted by molar-refractivity contribution is 0.613. The van der Waals surface area contributed by atoms with Crippen LogP contribution in [0.3, 0.4) is 0 Å². The Morgan fingerprint density at radius 2 is 1.85 bits per heavy atom. The minimum absolute atomic E-state index is 0.243. The minimum Gasteiger partial charge on any atom is -0.380 e. The van der Waals surface area contributed by atoms with Crippen LogP contribution >= 0.6 is 15.9 Å². The van der Waals surface area contributed by atoms with Crippen LogP contribution in [0.2, 0.25) is 0 Å². The van der Waals surface area contributed by atoms with E-state index in [0.717, 1.165) is 15.7 Å². The summed E-state index contributed by atoms with van der Waals surface area (Å²) in [5, 5.41) is 3.15. The van der Waals surface area contributed by atoms with Gasteiger partial charge in [0.25, 0.3) is 0 Å². The molecule has 3 rings (SSSR count). The van der Waals surface area contributed by atoms with Crippen molar-refractivity contribution in [2.75, 3.05) is 5.32 Å². The molecular weight excluding hydrogens is 325 g/mol. The second-order valence-corrected chi connectivity index (χ2v) is 5.26. The van der Waals surface area contributed by atoms with E-state index >= 15 is 0 Å². The monoisotopic (exact) mass is 335 g/mol. The van der Waals surface area contributed by atoms with E-state index in [-0.39, 0.29) is 11.5 Å². The van der Waals surface area contributed by atoms with E-state index in [1.165, 1.54) is 6.07 Å². The molecule has 0 amide bonds. The Bertz CT molecular complexity index is 825. The molecule has 0 saturated carbocycles. The highest BCUT2D eigenvalue weighted by molar-refractivity contribution is 9.10. The number of imidazole rings is 1. The van der Waals surface area contributed by atoms with Gasteiger partial charge in [-0.05, 0) is 34.1 Å². The third-order valence-electron chi connectivity index (χ3n) is 3.03. The van der Waals surface area contributed by atoms with Gasteiger partial charge in [-0.15, -0.1) is 0 Å². The van der Waals surface area contributed by atoms with Gasteiger partial charge in [0.15, 0.2) is 0 Å². The first-order valence-electron chi connectivity index (χ1n) is 6.02. The molecule has 2 aromatic carbocycles. The third kappa shape index (κ3) is 2.46. The van der Waals surface area contributed by atoms with Crippen LogP contribution in [0.25, 0.3) is 11.0 Å². The standard InChI is InChI=1S/C14H11BrFN3O/c15-9-5-12-13(19-14(20)18-12)6-11(9)17-7-8-3-1-2-4-10(8)16/h1-6,17H,7H2,(H2,18,19,20). The highest BCUT2D eigenvalue weighted by atomic mass is 79.9. The maximum Gasteiger partial charge on any atom is 0.323 e. The number of nitrogens with one attached hydrogen (secondary N) is 3. The fraction of sp³-hybridized carbons (Fsp3) is 0.0714. The second kappa shape index (κ2) is 5.13. The molecule has 0 bridgehead atoms. The largest absolute Gasteiger partial charge is 0.380 e. The Hall–Kier alpha value is -2.08. The van der Waals surface area contributed by atoms with Gasteiger partial charge in [-0.2, -0.15) is 0 Å². The maximum absolute atomic E-state index is 13.5. The van der Waals surface area contributed by atoms with Crippen molar-refractivity contribution in [2.24, 2.45) is 0 Å². The molecule has 4 nitrogen and oxygen atoms in total. The highest BCUT2D eigenvalue weighted by Gasteiger charge is 2.06. The average molecular weight is 336 g/mol. The molecule has 0 saturated heterocycles. The molecule has 102 valence electrons. The highest BCUT2D eigenvalue weighted by Crippen LogP contribution is 2.27. The molecule has 0 spiro atoms. The van der Waals surface area contributed by atoms with Gasteiger partial charge >= 0.3 is 5.69 Å². The lowest BCUT2D eigenvalue weighted by atomic mass is 10.2. The smallest absolute Gasteiger partial charge is 0.323 e. The van der Waals surface area contributed by atoms with Crippen molar-refractivity contribution in [3.63, 3.8) is 0 Å². The molecule has 0 aliphatic heterocycles. The predicted octanol–water partition coefficient (Wildman–Crippen LogP) is 3.37. The summed E-state index contributed by atoms with van der Waals surface area (Å²) in [5.74, 6) is -0.243. The quantitative estimate of drug-likeness (QED) is 0.687. The molecule has 3 aromatic rings. The van der Waals surface area contributed by atoms with Crippen LogP contribution in [0.4, 0.5) is 10.1 Å². The Morgan fingerprint density at radius 3 is 2.60 bits per heavy atom. The van der Waals surface area contributed by atoms with E-state index in [4.69, 9.17) is 0 Å². The number of rotatable bonds is 3. The van der Waals surface area contributed by atoms with Crippen LogP contribution in [-0.2, 0) is 6.54 Å². The van der Waals surface area contributed by atoms with Gasteiger partial charge in [0.05, 0.1) is 16.7 Å². The zero-order chi connectivity index (χ0) is 14.1. The summed E-state index contributed by atoms with van der Waals surface area (Å²) < 4.78 is 14.3. The molecule has 20 heavy (non-hydrogen) atoms. The number of fused-ring (bicyclic) bond motifs is 1. The van der Waals surface area contributed by atoms with Gasteiger partial charge in [0.2, 0.25) is 0 Å². The summed E-state index contributed by atoms with van der Waals surface area (Å²) >= 11 is 3.43. The van der Waals surface area contributed by atoms with Gasteiger partial charge in [0.1, 0.15) is 5.82 Å².